The van der Waals surface area contributed by atoms with Crippen LogP contribution < -0.4 is 0 Å². The predicted molar refractivity (Wildman–Crippen MR) is 26.7 cm³/mol. The molecule has 1 saturated heterocycles. The first-order valence-corrected chi connectivity index (χ1v) is 2.57. The molecular formula is C5H9O2+. The average molecular weight is 101 g/mol. The summed E-state index contributed by atoms with van der Waals surface area (Å²) in [5.41, 5.74) is 0. The van der Waals surface area contributed by atoms with Gasteiger partial charge in [-0.05, 0) is 6.42 Å². The fourth-order valence-corrected chi connectivity index (χ4v) is 0.640. The van der Waals surface area contributed by atoms with Crippen LogP contribution in [0.1, 0.15) is 19.3 Å². The third-order valence-corrected chi connectivity index (χ3v) is 1.05. The molecule has 0 aromatic carbocycles. The summed E-state index contributed by atoms with van der Waals surface area (Å²) in [5.74, 6) is 0.214. The maximum atomic E-state index is 8.60. The van der Waals surface area contributed by atoms with Crippen molar-refractivity contribution >= 4 is 5.97 Å². The van der Waals surface area contributed by atoms with Crippen molar-refractivity contribution in [3.8, 4) is 0 Å². The molecule has 40 valence electrons. The van der Waals surface area contributed by atoms with Crippen molar-refractivity contribution in [1.29, 1.82) is 0 Å². The van der Waals surface area contributed by atoms with Crippen LogP contribution in [0.4, 0.5) is 0 Å². The van der Waals surface area contributed by atoms with Crippen molar-refractivity contribution in [2.75, 3.05) is 6.61 Å². The third-order valence-electron chi connectivity index (χ3n) is 1.05. The van der Waals surface area contributed by atoms with Crippen LogP contribution in [-0.4, -0.2) is 17.4 Å². The summed E-state index contributed by atoms with van der Waals surface area (Å²) < 4.78 is 4.75. The first kappa shape index (κ1) is 4.62. The van der Waals surface area contributed by atoms with Gasteiger partial charge in [-0.15, -0.1) is 0 Å². The summed E-state index contributed by atoms with van der Waals surface area (Å²) in [4.78, 5) is 8.60. The number of rotatable bonds is 0. The maximum Gasteiger partial charge on any atom is 0.482 e. The fraction of sp³-hybridized carbons (Fsp3) is 0.800. The van der Waals surface area contributed by atoms with E-state index in [0.29, 0.717) is 6.61 Å². The van der Waals surface area contributed by atoms with Crippen LogP contribution in [0.2, 0.25) is 0 Å². The fourth-order valence-electron chi connectivity index (χ4n) is 0.640. The van der Waals surface area contributed by atoms with Crippen LogP contribution in [0.15, 0.2) is 0 Å². The molecule has 1 aliphatic heterocycles. The van der Waals surface area contributed by atoms with Crippen molar-refractivity contribution in [2.45, 2.75) is 19.3 Å². The zero-order chi connectivity index (χ0) is 5.11. The number of hydrogen-bond acceptors (Lipinski definition) is 1. The standard InChI is InChI=1S/C5H8O2/c6-5-3-1-2-4-7-5/h1-4H2/p+1. The molecule has 0 aromatic heterocycles. The minimum absolute atomic E-state index is 0.214. The van der Waals surface area contributed by atoms with Crippen LogP contribution in [0, 0.1) is 0 Å². The zero-order valence-corrected chi connectivity index (χ0v) is 4.18. The lowest BCUT2D eigenvalue weighted by Gasteiger charge is -1.99. The van der Waals surface area contributed by atoms with Crippen molar-refractivity contribution < 1.29 is 9.53 Å². The lowest BCUT2D eigenvalue weighted by atomic mass is 10.2. The Morgan fingerprint density at radius 1 is 1.43 bits per heavy atom. The molecule has 0 radical (unpaired) electrons. The van der Waals surface area contributed by atoms with Gasteiger partial charge in [-0.25, -0.2) is 0 Å². The van der Waals surface area contributed by atoms with Gasteiger partial charge in [0.2, 0.25) is 0 Å². The zero-order valence-electron chi connectivity index (χ0n) is 4.18. The second kappa shape index (κ2) is 1.96. The summed E-state index contributed by atoms with van der Waals surface area (Å²) in [6.07, 6.45) is 2.90. The molecule has 1 heterocycles. The van der Waals surface area contributed by atoms with E-state index >= 15 is 0 Å². The summed E-state index contributed by atoms with van der Waals surface area (Å²) in [5, 5.41) is 0. The molecule has 7 heavy (non-hydrogen) atoms. The van der Waals surface area contributed by atoms with Crippen LogP contribution in [0.25, 0.3) is 0 Å². The van der Waals surface area contributed by atoms with E-state index in [2.05, 4.69) is 0 Å². The average Bonchev–Trinajstić information content (AvgIpc) is 1.69. The van der Waals surface area contributed by atoms with Crippen molar-refractivity contribution in [3.63, 3.8) is 0 Å². The van der Waals surface area contributed by atoms with E-state index < -0.39 is 0 Å². The number of hydrogen-bond donors (Lipinski definition) is 0. The second-order valence-corrected chi connectivity index (χ2v) is 1.70. The molecule has 0 bridgehead atoms. The van der Waals surface area contributed by atoms with Gasteiger partial charge in [-0.3, -0.25) is 0 Å². The van der Waals surface area contributed by atoms with Gasteiger partial charge in [0, 0.05) is 6.42 Å². The first-order chi connectivity index (χ1) is 3.39. The van der Waals surface area contributed by atoms with Crippen LogP contribution in [0.3, 0.4) is 0 Å². The second-order valence-electron chi connectivity index (χ2n) is 1.70. The molecule has 1 rings (SSSR count). The molecule has 0 spiro atoms. The molecule has 1 N–H and O–H groups in total. The maximum absolute atomic E-state index is 8.60. The van der Waals surface area contributed by atoms with Gasteiger partial charge in [0.25, 0.3) is 0 Å². The molecule has 2 nitrogen and oxygen atoms in total. The van der Waals surface area contributed by atoms with Crippen LogP contribution >= 0.6 is 0 Å². The van der Waals surface area contributed by atoms with E-state index in [1.807, 2.05) is 0 Å². The normalized spacial score (nSPS) is 21.4. The van der Waals surface area contributed by atoms with E-state index in [4.69, 9.17) is 9.53 Å². The first-order valence-electron chi connectivity index (χ1n) is 2.57. The Morgan fingerprint density at radius 3 is 2.57 bits per heavy atom. The molecule has 0 aromatic rings. The summed E-state index contributed by atoms with van der Waals surface area (Å²) in [7, 11) is 0. The minimum atomic E-state index is 0.214. The number of ether oxygens (including phenoxy) is 1. The SMILES string of the molecule is [OH+]=C1CCCCO1. The monoisotopic (exact) mass is 101 g/mol. The molecule has 0 amide bonds. The molecule has 0 saturated carbocycles. The summed E-state index contributed by atoms with van der Waals surface area (Å²) in [6.45, 7) is 0.700. The molecule has 2 heteroatoms. The van der Waals surface area contributed by atoms with Crippen LogP contribution in [-0.2, 0) is 4.74 Å². The minimum Gasteiger partial charge on any atom is -0.339 e. The molecule has 0 aliphatic carbocycles. The molecule has 1 fully saturated rings. The molecule has 0 unspecified atom stereocenters. The van der Waals surface area contributed by atoms with Gasteiger partial charge in [-0.1, -0.05) is 0 Å². The smallest absolute Gasteiger partial charge is 0.339 e. The number of esters is 1. The van der Waals surface area contributed by atoms with E-state index in [0.717, 1.165) is 19.3 Å². The van der Waals surface area contributed by atoms with Crippen molar-refractivity contribution in [2.24, 2.45) is 0 Å². The lowest BCUT2D eigenvalue weighted by molar-refractivity contribution is 0.230. The number of cyclic esters (lactones) is 1. The Morgan fingerprint density at radius 2 is 2.29 bits per heavy atom. The molecule has 0 atom stereocenters. The van der Waals surface area contributed by atoms with Crippen LogP contribution in [0.5, 0.6) is 0 Å². The summed E-state index contributed by atoms with van der Waals surface area (Å²) >= 11 is 0. The van der Waals surface area contributed by atoms with Gasteiger partial charge >= 0.3 is 5.97 Å². The topological polar surface area (TPSA) is 30.6 Å². The molecule has 1 aliphatic rings. The van der Waals surface area contributed by atoms with Gasteiger partial charge in [0.1, 0.15) is 6.42 Å². The highest BCUT2D eigenvalue weighted by Crippen LogP contribution is 2.03. The van der Waals surface area contributed by atoms with E-state index in [1.54, 1.807) is 0 Å². The highest BCUT2D eigenvalue weighted by atomic mass is 16.5. The largest absolute Gasteiger partial charge is 0.482 e. The summed E-state index contributed by atoms with van der Waals surface area (Å²) in [6, 6.07) is 0. The van der Waals surface area contributed by atoms with E-state index in [-0.39, 0.29) is 5.97 Å². The van der Waals surface area contributed by atoms with Gasteiger partial charge in [-0.2, -0.15) is 0 Å². The Labute approximate surface area is 42.5 Å². The Kier molecular flexibility index (Phi) is 1.29. The van der Waals surface area contributed by atoms with E-state index in [9.17, 15) is 0 Å². The Bertz CT molecular complexity index is 70.1. The lowest BCUT2D eigenvalue weighted by Crippen LogP contribution is -2.11. The van der Waals surface area contributed by atoms with Gasteiger partial charge < -0.3 is 9.53 Å². The van der Waals surface area contributed by atoms with Crippen molar-refractivity contribution in [1.82, 2.24) is 0 Å². The van der Waals surface area contributed by atoms with Crippen molar-refractivity contribution in [3.05, 3.63) is 0 Å². The predicted octanol–water partition coefficient (Wildman–Crippen LogP) is 0.689. The van der Waals surface area contributed by atoms with Gasteiger partial charge in [0.05, 0.1) is 0 Å². The quantitative estimate of drug-likeness (QED) is 0.326. The Balaban J connectivity index is 2.25. The third kappa shape index (κ3) is 1.18. The Hall–Kier alpha value is -0.530. The molecular weight excluding hydrogens is 92.1 g/mol. The van der Waals surface area contributed by atoms with E-state index in [1.165, 1.54) is 0 Å². The highest BCUT2D eigenvalue weighted by Gasteiger charge is 2.15. The van der Waals surface area contributed by atoms with Gasteiger partial charge in [0.15, 0.2) is 6.61 Å². The highest BCUT2D eigenvalue weighted by molar-refractivity contribution is 5.70. The number of carbonyl (C=O) groups excluding carboxylic acids is 1.